The summed E-state index contributed by atoms with van der Waals surface area (Å²) in [6.07, 6.45) is 27.9. The summed E-state index contributed by atoms with van der Waals surface area (Å²) in [5.74, 6) is 1.62. The Bertz CT molecular complexity index is 1490. The second-order valence-corrected chi connectivity index (χ2v) is 17.3. The van der Waals surface area contributed by atoms with Crippen molar-refractivity contribution in [1.82, 2.24) is 0 Å². The fourth-order valence-electron chi connectivity index (χ4n) is 5.56. The summed E-state index contributed by atoms with van der Waals surface area (Å²) in [6, 6.07) is 43.1. The van der Waals surface area contributed by atoms with E-state index >= 15 is 0 Å². The van der Waals surface area contributed by atoms with Crippen LogP contribution in [0.1, 0.15) is 6.42 Å². The SMILES string of the molecule is O=S(=O)([O-])C(F)(F)F.[CH]1[CH]C2[CH][CH]C1C2.[CH]1[CH][CH][C](P(c2ccccc2)c2ccccc2)[CH]1.[CH]1[CH][CH][C](P(c2ccccc2)c2ccccc2)[CH]1.[Fe].[Rh]. The van der Waals surface area contributed by atoms with E-state index in [-0.39, 0.29) is 36.5 Å². The van der Waals surface area contributed by atoms with Crippen molar-refractivity contribution in [2.24, 2.45) is 11.8 Å². The first-order valence-electron chi connectivity index (χ1n) is 16.2. The molecule has 4 aliphatic rings. The van der Waals surface area contributed by atoms with Crippen LogP contribution in [0, 0.1) is 100 Å². The Kier molecular flexibility index (Phi) is 19.9. The summed E-state index contributed by atoms with van der Waals surface area (Å²) in [4.78, 5) is 0. The molecule has 15 radical (unpaired) electrons. The fourth-order valence-corrected chi connectivity index (χ4v) is 10.2. The van der Waals surface area contributed by atoms with Crippen LogP contribution in [0.3, 0.4) is 0 Å². The number of rotatable bonds is 6. The van der Waals surface area contributed by atoms with Crippen LogP contribution in [0.5, 0.6) is 0 Å². The predicted molar refractivity (Wildman–Crippen MR) is 204 cm³/mol. The van der Waals surface area contributed by atoms with E-state index in [9.17, 15) is 13.2 Å². The summed E-state index contributed by atoms with van der Waals surface area (Å²) < 4.78 is 58.9. The van der Waals surface area contributed by atoms with Crippen LogP contribution < -0.4 is 21.2 Å². The van der Waals surface area contributed by atoms with Gasteiger partial charge in [-0.05, 0) is 132 Å². The van der Waals surface area contributed by atoms with Crippen LogP contribution in [-0.4, -0.2) is 18.5 Å². The smallest absolute Gasteiger partial charge is 0.485 e. The monoisotopic (exact) mass is 898 g/mol. The first-order valence-corrected chi connectivity index (χ1v) is 20.3. The first kappa shape index (κ1) is 46.0. The van der Waals surface area contributed by atoms with Crippen molar-refractivity contribution >= 4 is 47.2 Å². The molecule has 2 bridgehead atoms. The number of alkyl halides is 3. The Morgan fingerprint density at radius 3 is 0.906 bits per heavy atom. The van der Waals surface area contributed by atoms with Gasteiger partial charge in [-0.15, -0.1) is 0 Å². The Labute approximate surface area is 341 Å². The van der Waals surface area contributed by atoms with E-state index in [1.165, 1.54) is 39.0 Å². The van der Waals surface area contributed by atoms with Crippen LogP contribution in [0.15, 0.2) is 121 Å². The Morgan fingerprint density at radius 2 is 0.736 bits per heavy atom. The van der Waals surface area contributed by atoms with Crippen LogP contribution in [0.2, 0.25) is 0 Å². The fraction of sp³-hybridized carbons (Fsp3) is 0.0952. The van der Waals surface area contributed by atoms with Crippen molar-refractivity contribution in [2.75, 3.05) is 0 Å². The zero-order valence-corrected chi connectivity index (χ0v) is 33.5. The summed E-state index contributed by atoms with van der Waals surface area (Å²) in [7, 11) is -6.91. The molecule has 0 heterocycles. The molecule has 0 spiro atoms. The minimum atomic E-state index is -6.09. The van der Waals surface area contributed by atoms with Crippen molar-refractivity contribution in [3.05, 3.63) is 210 Å². The van der Waals surface area contributed by atoms with Crippen LogP contribution in [-0.2, 0) is 46.7 Å². The van der Waals surface area contributed by atoms with Crippen molar-refractivity contribution in [3.8, 4) is 0 Å². The van der Waals surface area contributed by atoms with E-state index in [4.69, 9.17) is 13.0 Å². The van der Waals surface area contributed by atoms with E-state index in [1.807, 2.05) is 0 Å². The first-order chi connectivity index (χ1) is 24.6. The van der Waals surface area contributed by atoms with E-state index in [1.54, 1.807) is 0 Å². The van der Waals surface area contributed by atoms with E-state index in [0.717, 1.165) is 11.8 Å². The summed E-state index contributed by atoms with van der Waals surface area (Å²) >= 11 is 0. The maximum absolute atomic E-state index is 10.7. The Morgan fingerprint density at radius 1 is 0.509 bits per heavy atom. The minimum Gasteiger partial charge on any atom is -0.741 e. The standard InChI is InChI=1S/2C17H14P.C7H8.CHF3O3S.Fe.Rh/c2*1-3-9-15(10-4-1)18(17-13-7-8-14-17)16-11-5-2-6-12-16;1-2-7-4-3-6(1)5-7;2-1(3,4)8(5,6)7;;/h2*1-14H;1-4,6-7H,5H2;(H,5,6,7);;/p-1. The molecular formula is C42H36F3FeO3P2RhS-. The maximum Gasteiger partial charge on any atom is 0.485 e. The predicted octanol–water partition coefficient (Wildman–Crippen LogP) is 8.46. The quantitative estimate of drug-likeness (QED) is 0.0846. The zero-order valence-electron chi connectivity index (χ0n) is 28.2. The third-order valence-electron chi connectivity index (χ3n) is 7.90. The topological polar surface area (TPSA) is 57.2 Å². The van der Waals surface area contributed by atoms with Gasteiger partial charge in [-0.1, -0.05) is 121 Å². The number of benzene rings is 4. The van der Waals surface area contributed by atoms with Gasteiger partial charge in [-0.3, -0.25) is 0 Å². The van der Waals surface area contributed by atoms with Crippen LogP contribution in [0.25, 0.3) is 0 Å². The molecule has 3 nitrogen and oxygen atoms in total. The molecule has 4 aliphatic carbocycles. The molecule has 4 fully saturated rings. The van der Waals surface area contributed by atoms with Crippen molar-refractivity contribution < 1.29 is 62.7 Å². The van der Waals surface area contributed by atoms with Gasteiger partial charge >= 0.3 is 5.51 Å². The van der Waals surface area contributed by atoms with E-state index < -0.39 is 31.5 Å². The average Bonchev–Trinajstić information content (AvgIpc) is 3.99. The molecule has 0 N–H and O–H groups in total. The van der Waals surface area contributed by atoms with E-state index in [0.29, 0.717) is 0 Å². The third kappa shape index (κ3) is 14.2. The zero-order chi connectivity index (χ0) is 36.1. The molecule has 4 aromatic carbocycles. The molecule has 0 unspecified atom stereocenters. The summed E-state index contributed by atoms with van der Waals surface area (Å²) in [5, 5.41) is 5.63. The second-order valence-electron chi connectivity index (χ2n) is 11.5. The molecule has 4 aromatic rings. The molecule has 8 rings (SSSR count). The van der Waals surface area contributed by atoms with Gasteiger partial charge < -0.3 is 4.55 Å². The van der Waals surface area contributed by atoms with Gasteiger partial charge in [0.05, 0.1) is 0 Å². The van der Waals surface area contributed by atoms with Crippen LogP contribution in [0.4, 0.5) is 13.2 Å². The van der Waals surface area contributed by atoms with Gasteiger partial charge in [0.1, 0.15) is 0 Å². The van der Waals surface area contributed by atoms with Gasteiger partial charge in [0.15, 0.2) is 10.1 Å². The number of hydrogen-bond acceptors (Lipinski definition) is 3. The van der Waals surface area contributed by atoms with Gasteiger partial charge in [-0.2, -0.15) is 13.2 Å². The van der Waals surface area contributed by atoms with Gasteiger partial charge in [-0.25, -0.2) is 8.42 Å². The number of halogens is 3. The summed E-state index contributed by atoms with van der Waals surface area (Å²) in [6.45, 7) is 0. The Hall–Kier alpha value is -1.42. The Balaban J connectivity index is 0.000000202. The molecule has 4 saturated carbocycles. The molecule has 0 aliphatic heterocycles. The van der Waals surface area contributed by atoms with Gasteiger partial charge in [0, 0.05) is 47.9 Å². The molecule has 0 aromatic heterocycles. The van der Waals surface area contributed by atoms with Crippen LogP contribution >= 0.6 is 15.8 Å². The normalized spacial score (nSPS) is 19.5. The molecule has 0 atom stereocenters. The molecular weight excluding hydrogens is 862 g/mol. The summed E-state index contributed by atoms with van der Waals surface area (Å²) in [5.41, 5.74) is -2.81. The number of fused-ring (bicyclic) bond motifs is 2. The molecule has 0 saturated heterocycles. The van der Waals surface area contributed by atoms with Crippen molar-refractivity contribution in [1.29, 1.82) is 0 Å². The molecule has 11 heteroatoms. The number of hydrogen-bond donors (Lipinski definition) is 0. The van der Waals surface area contributed by atoms with Gasteiger partial charge in [0.2, 0.25) is 0 Å². The minimum absolute atomic E-state index is 0. The van der Waals surface area contributed by atoms with E-state index in [2.05, 4.69) is 198 Å². The van der Waals surface area contributed by atoms with Gasteiger partial charge in [0.25, 0.3) is 0 Å². The largest absolute Gasteiger partial charge is 0.741 e. The molecule has 53 heavy (non-hydrogen) atoms. The maximum atomic E-state index is 10.7. The second kappa shape index (κ2) is 23.0. The molecule has 0 amide bonds. The van der Waals surface area contributed by atoms with Crippen molar-refractivity contribution in [2.45, 2.75) is 11.9 Å². The third-order valence-corrected chi connectivity index (χ3v) is 13.4. The molecule has 277 valence electrons. The average molecular weight is 899 g/mol. The van der Waals surface area contributed by atoms with Crippen molar-refractivity contribution in [3.63, 3.8) is 0 Å².